The third kappa shape index (κ3) is 4.01. The van der Waals surface area contributed by atoms with Crippen LogP contribution in [0.1, 0.15) is 12.8 Å². The highest BCUT2D eigenvalue weighted by atomic mass is 32.2. The summed E-state index contributed by atoms with van der Waals surface area (Å²) < 4.78 is 4.91. The van der Waals surface area contributed by atoms with E-state index in [1.807, 2.05) is 0 Å². The fourth-order valence-electron chi connectivity index (χ4n) is 1.74. The van der Waals surface area contributed by atoms with E-state index in [1.165, 1.54) is 0 Å². The molecule has 1 saturated heterocycles. The Morgan fingerprint density at radius 2 is 2.47 bits per heavy atom. The number of hydrogen-bond donors (Lipinski definition) is 1. The molecule has 0 radical (unpaired) electrons. The second-order valence-electron chi connectivity index (χ2n) is 3.61. The molecule has 1 fully saturated rings. The van der Waals surface area contributed by atoms with E-state index in [4.69, 9.17) is 9.84 Å². The van der Waals surface area contributed by atoms with Crippen LogP contribution in [-0.2, 0) is 9.53 Å². The van der Waals surface area contributed by atoms with Crippen LogP contribution in [0.25, 0.3) is 0 Å². The molecule has 0 spiro atoms. The van der Waals surface area contributed by atoms with Gasteiger partial charge in [0, 0.05) is 19.4 Å². The Hall–Kier alpha value is -0.260. The summed E-state index contributed by atoms with van der Waals surface area (Å²) in [4.78, 5) is 13.5. The number of hydrogen-bond acceptors (Lipinski definition) is 4. The maximum atomic E-state index is 11.7. The lowest BCUT2D eigenvalue weighted by molar-refractivity contribution is -0.129. The number of carbonyl (C=O) groups excluding carboxylic acids is 1. The van der Waals surface area contributed by atoms with Gasteiger partial charge in [0.05, 0.1) is 25.0 Å². The first-order valence-corrected chi connectivity index (χ1v) is 6.42. The van der Waals surface area contributed by atoms with E-state index < -0.39 is 0 Å². The number of ether oxygens (including phenoxy) is 1. The Morgan fingerprint density at radius 1 is 1.67 bits per heavy atom. The Bertz CT molecular complexity index is 201. The van der Waals surface area contributed by atoms with Crippen LogP contribution in [0.15, 0.2) is 0 Å². The van der Waals surface area contributed by atoms with Crippen molar-refractivity contribution in [3.05, 3.63) is 0 Å². The number of rotatable bonds is 6. The van der Waals surface area contributed by atoms with Gasteiger partial charge in [-0.25, -0.2) is 0 Å². The zero-order valence-corrected chi connectivity index (χ0v) is 9.96. The van der Waals surface area contributed by atoms with E-state index in [-0.39, 0.29) is 18.6 Å². The fourth-order valence-corrected chi connectivity index (χ4v) is 2.51. The maximum absolute atomic E-state index is 11.7. The number of aliphatic hydroxyl groups excluding tert-OH is 1. The second-order valence-corrected chi connectivity index (χ2v) is 4.72. The van der Waals surface area contributed by atoms with E-state index in [2.05, 4.69) is 0 Å². The van der Waals surface area contributed by atoms with Crippen LogP contribution in [0.3, 0.4) is 0 Å². The lowest BCUT2D eigenvalue weighted by Gasteiger charge is -2.22. The molecule has 0 aromatic rings. The Balaban J connectivity index is 2.21. The number of nitrogens with zero attached hydrogens (tertiary/aromatic N) is 1. The molecule has 0 aromatic carbocycles. The number of amides is 1. The van der Waals surface area contributed by atoms with Crippen molar-refractivity contribution in [3.8, 4) is 0 Å². The van der Waals surface area contributed by atoms with E-state index in [9.17, 15) is 4.79 Å². The van der Waals surface area contributed by atoms with Gasteiger partial charge < -0.3 is 14.7 Å². The number of likely N-dealkylation sites (tertiary alicyclic amines) is 1. The van der Waals surface area contributed by atoms with E-state index >= 15 is 0 Å². The van der Waals surface area contributed by atoms with Crippen molar-refractivity contribution in [1.29, 1.82) is 0 Å². The minimum absolute atomic E-state index is 0.0560. The van der Waals surface area contributed by atoms with Crippen molar-refractivity contribution in [2.45, 2.75) is 18.9 Å². The highest BCUT2D eigenvalue weighted by Crippen LogP contribution is 2.17. The minimum atomic E-state index is 0.0560. The summed E-state index contributed by atoms with van der Waals surface area (Å²) in [5.41, 5.74) is 0. The summed E-state index contributed by atoms with van der Waals surface area (Å²) in [5, 5.41) is 9.07. The molecule has 1 aliphatic rings. The van der Waals surface area contributed by atoms with Gasteiger partial charge in [-0.05, 0) is 12.8 Å². The molecule has 1 aliphatic heterocycles. The van der Waals surface area contributed by atoms with Crippen LogP contribution >= 0.6 is 11.8 Å². The largest absolute Gasteiger partial charge is 0.394 e. The van der Waals surface area contributed by atoms with Gasteiger partial charge in [-0.15, -0.1) is 11.8 Å². The number of methoxy groups -OCH3 is 1. The first kappa shape index (κ1) is 12.8. The molecule has 0 aliphatic carbocycles. The molecule has 15 heavy (non-hydrogen) atoms. The van der Waals surface area contributed by atoms with Crippen molar-refractivity contribution in [2.24, 2.45) is 0 Å². The van der Waals surface area contributed by atoms with Gasteiger partial charge in [-0.3, -0.25) is 4.79 Å². The zero-order chi connectivity index (χ0) is 11.1. The first-order chi connectivity index (χ1) is 7.29. The molecule has 0 aromatic heterocycles. The SMILES string of the molecule is COCCSCC(=O)N1CCC[C@@H]1CO. The molecule has 4 nitrogen and oxygen atoms in total. The normalized spacial score (nSPS) is 20.9. The average Bonchev–Trinajstić information content (AvgIpc) is 2.72. The molecule has 1 rings (SSSR count). The topological polar surface area (TPSA) is 49.8 Å². The molecule has 1 heterocycles. The van der Waals surface area contributed by atoms with Crippen LogP contribution in [0, 0.1) is 0 Å². The molecule has 88 valence electrons. The third-order valence-electron chi connectivity index (χ3n) is 2.57. The van der Waals surface area contributed by atoms with E-state index in [0.29, 0.717) is 12.4 Å². The molecular weight excluding hydrogens is 214 g/mol. The highest BCUT2D eigenvalue weighted by Gasteiger charge is 2.27. The second kappa shape index (κ2) is 7.09. The molecule has 5 heteroatoms. The third-order valence-corrected chi connectivity index (χ3v) is 3.47. The fraction of sp³-hybridized carbons (Fsp3) is 0.900. The number of thioether (sulfide) groups is 1. The van der Waals surface area contributed by atoms with Gasteiger partial charge in [0.15, 0.2) is 0 Å². The van der Waals surface area contributed by atoms with Gasteiger partial charge in [0.25, 0.3) is 0 Å². The maximum Gasteiger partial charge on any atom is 0.232 e. The summed E-state index contributed by atoms with van der Waals surface area (Å²) in [7, 11) is 1.66. The monoisotopic (exact) mass is 233 g/mol. The number of aliphatic hydroxyl groups is 1. The van der Waals surface area contributed by atoms with Crippen LogP contribution in [0.5, 0.6) is 0 Å². The summed E-state index contributed by atoms with van der Waals surface area (Å²) in [6.07, 6.45) is 1.95. The van der Waals surface area contributed by atoms with Gasteiger partial charge in [-0.1, -0.05) is 0 Å². The zero-order valence-electron chi connectivity index (χ0n) is 9.15. The van der Waals surface area contributed by atoms with Crippen molar-refractivity contribution >= 4 is 17.7 Å². The van der Waals surface area contributed by atoms with Crippen molar-refractivity contribution in [1.82, 2.24) is 4.90 Å². The van der Waals surface area contributed by atoms with Crippen LogP contribution in [0.4, 0.5) is 0 Å². The Labute approximate surface area is 95.0 Å². The Kier molecular flexibility index (Phi) is 6.05. The van der Waals surface area contributed by atoms with Gasteiger partial charge in [0.2, 0.25) is 5.91 Å². The molecule has 1 amide bonds. The Morgan fingerprint density at radius 3 is 3.13 bits per heavy atom. The predicted molar refractivity (Wildman–Crippen MR) is 61.0 cm³/mol. The van der Waals surface area contributed by atoms with Crippen LogP contribution < -0.4 is 0 Å². The molecular formula is C10H19NO3S. The van der Waals surface area contributed by atoms with Crippen molar-refractivity contribution in [2.75, 3.05) is 38.4 Å². The summed E-state index contributed by atoms with van der Waals surface area (Å²) in [6.45, 7) is 1.57. The summed E-state index contributed by atoms with van der Waals surface area (Å²) in [6, 6.07) is 0.0560. The van der Waals surface area contributed by atoms with Crippen molar-refractivity contribution < 1.29 is 14.6 Å². The van der Waals surface area contributed by atoms with Gasteiger partial charge >= 0.3 is 0 Å². The molecule has 0 bridgehead atoms. The lowest BCUT2D eigenvalue weighted by atomic mass is 10.2. The van der Waals surface area contributed by atoms with Crippen LogP contribution in [-0.4, -0.2) is 60.3 Å². The van der Waals surface area contributed by atoms with Gasteiger partial charge in [-0.2, -0.15) is 0 Å². The summed E-state index contributed by atoms with van der Waals surface area (Å²) >= 11 is 1.59. The molecule has 1 N–H and O–H groups in total. The molecule has 0 saturated carbocycles. The average molecular weight is 233 g/mol. The van der Waals surface area contributed by atoms with E-state index in [1.54, 1.807) is 23.8 Å². The standard InChI is InChI=1S/C10H19NO3S/c1-14-5-6-15-8-10(13)11-4-2-3-9(11)7-12/h9,12H,2-8H2,1H3/t9-/m1/s1. The minimum Gasteiger partial charge on any atom is -0.394 e. The molecule has 0 unspecified atom stereocenters. The van der Waals surface area contributed by atoms with Crippen LogP contribution in [0.2, 0.25) is 0 Å². The predicted octanol–water partition coefficient (Wildman–Crippen LogP) is 0.349. The smallest absolute Gasteiger partial charge is 0.232 e. The lowest BCUT2D eigenvalue weighted by Crippen LogP contribution is -2.38. The van der Waals surface area contributed by atoms with E-state index in [0.717, 1.165) is 25.1 Å². The summed E-state index contributed by atoms with van der Waals surface area (Å²) in [5.74, 6) is 1.49. The van der Waals surface area contributed by atoms with Crippen molar-refractivity contribution in [3.63, 3.8) is 0 Å². The number of carbonyl (C=O) groups is 1. The quantitative estimate of drug-likeness (QED) is 0.673. The highest BCUT2D eigenvalue weighted by molar-refractivity contribution is 7.99. The molecule has 1 atom stereocenters. The van der Waals surface area contributed by atoms with Gasteiger partial charge in [0.1, 0.15) is 0 Å². The first-order valence-electron chi connectivity index (χ1n) is 5.26.